The standard InChI is InChI=1S/C22H24ClFN6O4.C18H18ClFN6O4S.C12H12BrClN4O2.C10H12ClFN2O2/c1-12(13-7-6-8-25-20(13)23)33-18(31)10-17-19(28-29-30(17)5)15-9-14(24)16(11-26-15)27-21(32)34-22(2,3)4;1-10(11-5-4-6-21-18(11)19)30-16(27)8-15-17(23-25-26(15)2)13-7-12(20)14(9-22-13)24-31(3,28)29;1-7(8-4-3-5-15-12(8)14)20-10(19)6-9-11(13)16-17-18(9)2;1-10(2,3)16-9(15)14-7-5-13-8(11)4-6(7)12/h6-9,11-12H,10H2,1-5H3,(H,27,32);4-7,9-10,24H,8H2,1-3H3;3-5,7H,6H2,1-2H3;4-5H,1-3H3,(H,14,15)/t12-;10-;7-;/m111./s1. The average molecular weight is 1570 g/mol. The van der Waals surface area contributed by atoms with E-state index in [2.05, 4.69) is 87.4 Å². The molecule has 0 spiro atoms. The highest BCUT2D eigenvalue weighted by atomic mass is 79.9. The first-order chi connectivity index (χ1) is 47.3. The molecule has 0 aromatic carbocycles. The van der Waals surface area contributed by atoms with Gasteiger partial charge in [0.1, 0.15) is 67.2 Å². The van der Waals surface area contributed by atoms with E-state index in [0.29, 0.717) is 43.5 Å². The molecule has 538 valence electrons. The van der Waals surface area contributed by atoms with Crippen molar-refractivity contribution in [3.05, 3.63) is 168 Å². The number of ether oxygens (including phenoxy) is 5. The number of aromatic nitrogens is 15. The second-order valence-electron chi connectivity index (χ2n) is 23.3. The number of amides is 2. The van der Waals surface area contributed by atoms with Crippen molar-refractivity contribution in [1.29, 1.82) is 0 Å². The Kier molecular flexibility index (Phi) is 28.4. The van der Waals surface area contributed by atoms with Crippen LogP contribution in [0.25, 0.3) is 22.8 Å². The van der Waals surface area contributed by atoms with E-state index < -0.39 is 81.1 Å². The Morgan fingerprint density at radius 2 is 0.861 bits per heavy atom. The van der Waals surface area contributed by atoms with Crippen molar-refractivity contribution in [2.75, 3.05) is 21.6 Å². The number of hydrogen-bond donors (Lipinski definition) is 3. The minimum absolute atomic E-state index is 0.0206. The van der Waals surface area contributed by atoms with Crippen LogP contribution < -0.4 is 15.4 Å². The van der Waals surface area contributed by atoms with Gasteiger partial charge in [0.25, 0.3) is 0 Å². The predicted molar refractivity (Wildman–Crippen MR) is 367 cm³/mol. The molecule has 0 aliphatic heterocycles. The normalized spacial score (nSPS) is 12.1. The first-order valence-corrected chi connectivity index (χ1v) is 33.8. The molecule has 0 bridgehead atoms. The van der Waals surface area contributed by atoms with E-state index in [1.165, 1.54) is 26.4 Å². The van der Waals surface area contributed by atoms with Crippen LogP contribution in [0.3, 0.4) is 0 Å². The van der Waals surface area contributed by atoms with Crippen LogP contribution in [0, 0.1) is 17.5 Å². The van der Waals surface area contributed by atoms with Crippen LogP contribution in [0.2, 0.25) is 20.6 Å². The Labute approximate surface area is 604 Å². The van der Waals surface area contributed by atoms with Crippen LogP contribution in [0.1, 0.15) is 114 Å². The molecule has 3 atom stereocenters. The van der Waals surface area contributed by atoms with Crippen molar-refractivity contribution >= 4 is 120 Å². The van der Waals surface area contributed by atoms with Crippen molar-refractivity contribution in [2.45, 2.75) is 111 Å². The van der Waals surface area contributed by atoms with Gasteiger partial charge in [0.15, 0.2) is 22.1 Å². The molecule has 0 fully saturated rings. The SMILES string of the molecule is CC(C)(C)OC(=O)Nc1cnc(Cl)cc1F.C[C@@H](OC(=O)Cc1c(-c2cc(F)c(NC(=O)OC(C)(C)C)cn2)nnn1C)c1cccnc1Cl.C[C@@H](OC(=O)Cc1c(-c2cc(F)c(NS(C)(=O)=O)cn2)nnn1C)c1cccnc1Cl.C[C@@H](OC(=O)Cc1c(Br)nnn1C)c1cccnc1Cl. The van der Waals surface area contributed by atoms with Crippen LogP contribution in [0.4, 0.5) is 39.8 Å². The van der Waals surface area contributed by atoms with Gasteiger partial charge in [-0.15, -0.1) is 15.3 Å². The zero-order chi connectivity index (χ0) is 74.8. The zero-order valence-electron chi connectivity index (χ0n) is 56.1. The number of carbonyl (C=O) groups excluding carboxylic acids is 5. The lowest BCUT2D eigenvalue weighted by atomic mass is 10.1. The molecule has 0 saturated heterocycles. The molecule has 9 aromatic heterocycles. The number of rotatable bonds is 18. The fourth-order valence-electron chi connectivity index (χ4n) is 8.32. The first kappa shape index (κ1) is 80.4. The second kappa shape index (κ2) is 35.7. The number of sulfonamides is 1. The van der Waals surface area contributed by atoms with Gasteiger partial charge in [-0.1, -0.05) is 80.2 Å². The molecule has 0 unspecified atom stereocenters. The van der Waals surface area contributed by atoms with Gasteiger partial charge in [-0.2, -0.15) is 0 Å². The molecule has 39 heteroatoms. The molecular formula is C62H66BrCl4F3N18O12S. The van der Waals surface area contributed by atoms with E-state index in [-0.39, 0.29) is 80.5 Å². The molecule has 101 heavy (non-hydrogen) atoms. The van der Waals surface area contributed by atoms with Crippen LogP contribution in [0.15, 0.2) is 96.4 Å². The summed E-state index contributed by atoms with van der Waals surface area (Å²) in [6, 6.07) is 13.4. The van der Waals surface area contributed by atoms with E-state index in [4.69, 9.17) is 70.1 Å². The van der Waals surface area contributed by atoms with Crippen molar-refractivity contribution in [2.24, 2.45) is 21.1 Å². The van der Waals surface area contributed by atoms with E-state index in [9.17, 15) is 45.6 Å². The molecule has 2 amide bonds. The molecular weight excluding hydrogens is 1500 g/mol. The van der Waals surface area contributed by atoms with Gasteiger partial charge in [-0.25, -0.2) is 51.1 Å². The molecule has 0 radical (unpaired) electrons. The minimum atomic E-state index is -3.67. The molecule has 0 saturated carbocycles. The van der Waals surface area contributed by atoms with Gasteiger partial charge in [-0.3, -0.25) is 53.8 Å². The number of nitrogens with one attached hydrogen (secondary N) is 3. The maximum atomic E-state index is 14.7. The number of nitrogens with zero attached hydrogens (tertiary/aromatic N) is 15. The van der Waals surface area contributed by atoms with Crippen molar-refractivity contribution < 1.29 is 69.2 Å². The number of halogens is 8. The van der Waals surface area contributed by atoms with Gasteiger partial charge in [0.05, 0.1) is 84.0 Å². The number of aryl methyl sites for hydroxylation is 3. The highest BCUT2D eigenvalue weighted by Gasteiger charge is 2.27. The summed E-state index contributed by atoms with van der Waals surface area (Å²) in [6.07, 6.45) is 5.20. The summed E-state index contributed by atoms with van der Waals surface area (Å²) in [6.45, 7) is 15.3. The molecule has 9 aromatic rings. The summed E-state index contributed by atoms with van der Waals surface area (Å²) in [7, 11) is 1.20. The number of carbonyl (C=O) groups is 5. The summed E-state index contributed by atoms with van der Waals surface area (Å²) >= 11 is 26.8. The van der Waals surface area contributed by atoms with Crippen molar-refractivity contribution in [1.82, 2.24) is 74.9 Å². The number of anilines is 3. The van der Waals surface area contributed by atoms with E-state index >= 15 is 0 Å². The number of pyridine rings is 6. The Hall–Kier alpha value is -9.55. The smallest absolute Gasteiger partial charge is 0.412 e. The van der Waals surface area contributed by atoms with Crippen LogP contribution in [-0.2, 0) is 88.5 Å². The summed E-state index contributed by atoms with van der Waals surface area (Å²) < 4.78 is 98.0. The lowest BCUT2D eigenvalue weighted by molar-refractivity contribution is -0.148. The van der Waals surface area contributed by atoms with Gasteiger partial charge >= 0.3 is 30.1 Å². The third-order valence-corrected chi connectivity index (χ3v) is 15.3. The molecule has 3 N–H and O–H groups in total. The lowest BCUT2D eigenvalue weighted by Gasteiger charge is -2.19. The Bertz CT molecular complexity index is 4550. The van der Waals surface area contributed by atoms with Gasteiger partial charge in [-0.05, 0) is 96.4 Å². The highest BCUT2D eigenvalue weighted by Crippen LogP contribution is 2.30. The Morgan fingerprint density at radius 3 is 1.19 bits per heavy atom. The molecule has 0 aliphatic rings. The monoisotopic (exact) mass is 1560 g/mol. The van der Waals surface area contributed by atoms with Crippen molar-refractivity contribution in [3.8, 4) is 22.8 Å². The zero-order valence-corrected chi connectivity index (χ0v) is 61.5. The fourth-order valence-corrected chi connectivity index (χ4v) is 10.3. The first-order valence-electron chi connectivity index (χ1n) is 29.6. The largest absolute Gasteiger partial charge is 0.457 e. The molecule has 0 aliphatic carbocycles. The van der Waals surface area contributed by atoms with Crippen molar-refractivity contribution in [3.63, 3.8) is 0 Å². The Balaban J connectivity index is 0.000000221. The van der Waals surface area contributed by atoms with Crippen LogP contribution in [-0.4, -0.2) is 131 Å². The highest BCUT2D eigenvalue weighted by molar-refractivity contribution is 9.10. The third kappa shape index (κ3) is 24.9. The van der Waals surface area contributed by atoms with Gasteiger partial charge in [0, 0.05) is 74.6 Å². The summed E-state index contributed by atoms with van der Waals surface area (Å²) in [4.78, 5) is 83.9. The predicted octanol–water partition coefficient (Wildman–Crippen LogP) is 12.2. The maximum absolute atomic E-state index is 14.7. The topological polar surface area (TPSA) is 371 Å². The minimum Gasteiger partial charge on any atom is -0.457 e. The fraction of sp³-hybridized carbons (Fsp3) is 0.339. The summed E-state index contributed by atoms with van der Waals surface area (Å²) in [5.41, 5.74) is 1.81. The quantitative estimate of drug-likeness (QED) is 0.0408. The summed E-state index contributed by atoms with van der Waals surface area (Å²) in [5.74, 6) is -3.81. The van der Waals surface area contributed by atoms with Gasteiger partial charge < -0.3 is 23.7 Å². The van der Waals surface area contributed by atoms with E-state index in [1.54, 1.807) is 126 Å². The molecule has 30 nitrogen and oxygen atoms in total. The maximum Gasteiger partial charge on any atom is 0.412 e. The molecule has 9 rings (SSSR count). The number of esters is 3. The van der Waals surface area contributed by atoms with E-state index in [1.807, 2.05) is 4.72 Å². The number of hydrogen-bond acceptors (Lipinski definition) is 24. The third-order valence-electron chi connectivity index (χ3n) is 12.9. The van der Waals surface area contributed by atoms with Crippen LogP contribution >= 0.6 is 62.3 Å². The van der Waals surface area contributed by atoms with E-state index in [0.717, 1.165) is 43.0 Å². The summed E-state index contributed by atoms with van der Waals surface area (Å²) in [5, 5.41) is 28.7. The van der Waals surface area contributed by atoms with Gasteiger partial charge in [0.2, 0.25) is 10.0 Å². The molecule has 9 heterocycles. The average Bonchev–Trinajstić information content (AvgIpc) is 1.80. The second-order valence-corrected chi connectivity index (χ2v) is 27.2. The Morgan fingerprint density at radius 1 is 0.525 bits per heavy atom. The lowest BCUT2D eigenvalue weighted by Crippen LogP contribution is -2.27. The van der Waals surface area contributed by atoms with Crippen LogP contribution in [0.5, 0.6) is 0 Å².